The van der Waals surface area contributed by atoms with Crippen molar-refractivity contribution in [2.75, 3.05) is 0 Å². The monoisotopic (exact) mass is 300 g/mol. The standard InChI is InChI=1S/C16H16N2O2S/c1-2-7-14-12-13-8-6-11-17-16(13)18(14)21(19,20)15-9-4-3-5-10-15/h3-6,8-12H,2,7H2,1H3. The third-order valence-electron chi connectivity index (χ3n) is 3.38. The molecule has 0 spiro atoms. The largest absolute Gasteiger partial charge is 0.269 e. The lowest BCUT2D eigenvalue weighted by Crippen LogP contribution is -2.16. The van der Waals surface area contributed by atoms with Crippen LogP contribution >= 0.6 is 0 Å². The summed E-state index contributed by atoms with van der Waals surface area (Å²) in [6, 6.07) is 14.1. The molecule has 0 radical (unpaired) electrons. The Kier molecular flexibility index (Phi) is 3.51. The summed E-state index contributed by atoms with van der Waals surface area (Å²) < 4.78 is 27.2. The van der Waals surface area contributed by atoms with Crippen molar-refractivity contribution in [2.24, 2.45) is 0 Å². The molecule has 0 fully saturated rings. The molecule has 0 aliphatic rings. The molecule has 108 valence electrons. The van der Waals surface area contributed by atoms with Crippen molar-refractivity contribution < 1.29 is 8.42 Å². The van der Waals surface area contributed by atoms with Gasteiger partial charge in [-0.15, -0.1) is 0 Å². The maximum Gasteiger partial charge on any atom is 0.269 e. The zero-order valence-corrected chi connectivity index (χ0v) is 12.5. The first kappa shape index (κ1) is 13.8. The van der Waals surface area contributed by atoms with Crippen LogP contribution in [0.4, 0.5) is 0 Å². The van der Waals surface area contributed by atoms with Crippen LogP contribution in [-0.2, 0) is 16.4 Å². The number of fused-ring (bicyclic) bond motifs is 1. The van der Waals surface area contributed by atoms with Crippen molar-refractivity contribution in [1.82, 2.24) is 8.96 Å². The van der Waals surface area contributed by atoms with E-state index >= 15 is 0 Å². The minimum absolute atomic E-state index is 0.283. The van der Waals surface area contributed by atoms with Crippen LogP contribution < -0.4 is 0 Å². The summed E-state index contributed by atoms with van der Waals surface area (Å²) in [7, 11) is -3.62. The summed E-state index contributed by atoms with van der Waals surface area (Å²) >= 11 is 0. The number of aromatic nitrogens is 2. The number of nitrogens with zero attached hydrogens (tertiary/aromatic N) is 2. The van der Waals surface area contributed by atoms with Gasteiger partial charge in [-0.1, -0.05) is 31.5 Å². The molecule has 0 amide bonds. The van der Waals surface area contributed by atoms with Gasteiger partial charge in [-0.25, -0.2) is 17.4 Å². The zero-order chi connectivity index (χ0) is 14.9. The van der Waals surface area contributed by atoms with Crippen molar-refractivity contribution >= 4 is 21.1 Å². The molecule has 4 nitrogen and oxygen atoms in total. The van der Waals surface area contributed by atoms with Crippen molar-refractivity contribution in [1.29, 1.82) is 0 Å². The Morgan fingerprint density at radius 2 is 1.86 bits per heavy atom. The van der Waals surface area contributed by atoms with E-state index in [0.717, 1.165) is 17.5 Å². The van der Waals surface area contributed by atoms with Crippen molar-refractivity contribution in [3.8, 4) is 0 Å². The van der Waals surface area contributed by atoms with Crippen LogP contribution in [0.25, 0.3) is 11.0 Å². The van der Waals surface area contributed by atoms with Gasteiger partial charge in [0.2, 0.25) is 0 Å². The van der Waals surface area contributed by atoms with Gasteiger partial charge in [-0.3, -0.25) is 0 Å². The van der Waals surface area contributed by atoms with Gasteiger partial charge in [0, 0.05) is 17.3 Å². The van der Waals surface area contributed by atoms with Gasteiger partial charge >= 0.3 is 0 Å². The molecule has 0 unspecified atom stereocenters. The number of hydrogen-bond acceptors (Lipinski definition) is 3. The van der Waals surface area contributed by atoms with Crippen LogP contribution in [0.5, 0.6) is 0 Å². The van der Waals surface area contributed by atoms with Gasteiger partial charge in [0.05, 0.1) is 4.90 Å². The molecule has 21 heavy (non-hydrogen) atoms. The lowest BCUT2D eigenvalue weighted by Gasteiger charge is -2.10. The van der Waals surface area contributed by atoms with E-state index < -0.39 is 10.0 Å². The summed E-state index contributed by atoms with van der Waals surface area (Å²) in [5.41, 5.74) is 1.26. The van der Waals surface area contributed by atoms with Gasteiger partial charge in [0.1, 0.15) is 0 Å². The summed E-state index contributed by atoms with van der Waals surface area (Å²) in [4.78, 5) is 4.54. The third-order valence-corrected chi connectivity index (χ3v) is 5.14. The lowest BCUT2D eigenvalue weighted by molar-refractivity contribution is 0.586. The molecule has 0 atom stereocenters. The molecule has 0 aliphatic heterocycles. The Labute approximate surface area is 124 Å². The Balaban J connectivity index is 2.30. The highest BCUT2D eigenvalue weighted by atomic mass is 32.2. The van der Waals surface area contributed by atoms with Gasteiger partial charge < -0.3 is 0 Å². The highest BCUT2D eigenvalue weighted by molar-refractivity contribution is 7.90. The molecular weight excluding hydrogens is 284 g/mol. The van der Waals surface area contributed by atoms with Gasteiger partial charge in [0.15, 0.2) is 5.65 Å². The molecule has 2 aromatic heterocycles. The summed E-state index contributed by atoms with van der Waals surface area (Å²) in [6.45, 7) is 2.03. The van der Waals surface area contributed by atoms with E-state index in [2.05, 4.69) is 4.98 Å². The zero-order valence-electron chi connectivity index (χ0n) is 11.7. The second-order valence-electron chi connectivity index (χ2n) is 4.88. The van der Waals surface area contributed by atoms with E-state index in [1.165, 1.54) is 3.97 Å². The maximum atomic E-state index is 12.9. The average Bonchev–Trinajstić information content (AvgIpc) is 2.87. The number of hydrogen-bond donors (Lipinski definition) is 0. The molecule has 3 aromatic rings. The first-order chi connectivity index (χ1) is 10.1. The molecule has 5 heteroatoms. The predicted octanol–water partition coefficient (Wildman–Crippen LogP) is 3.23. The van der Waals surface area contributed by atoms with Crippen molar-refractivity contribution in [3.05, 3.63) is 60.4 Å². The lowest BCUT2D eigenvalue weighted by atomic mass is 10.2. The smallest absolute Gasteiger partial charge is 0.237 e. The quantitative estimate of drug-likeness (QED) is 0.743. The minimum Gasteiger partial charge on any atom is -0.237 e. The fourth-order valence-corrected chi connectivity index (χ4v) is 4.01. The molecule has 2 heterocycles. The summed E-state index contributed by atoms with van der Waals surface area (Å²) in [5, 5.41) is 0.848. The molecule has 3 rings (SSSR count). The third kappa shape index (κ3) is 2.34. The van der Waals surface area contributed by atoms with Crippen LogP contribution in [0, 0.1) is 0 Å². The Hall–Kier alpha value is -2.14. The topological polar surface area (TPSA) is 52.0 Å². The Bertz CT molecular complexity index is 868. The second-order valence-corrected chi connectivity index (χ2v) is 6.67. The van der Waals surface area contributed by atoms with Crippen molar-refractivity contribution in [3.63, 3.8) is 0 Å². The molecule has 0 bridgehead atoms. The highest BCUT2D eigenvalue weighted by Gasteiger charge is 2.22. The number of benzene rings is 1. The van der Waals surface area contributed by atoms with Crippen LogP contribution in [0.15, 0.2) is 59.6 Å². The van der Waals surface area contributed by atoms with Gasteiger partial charge in [-0.05, 0) is 36.8 Å². The average molecular weight is 300 g/mol. The van der Waals surface area contributed by atoms with E-state index in [1.54, 1.807) is 36.5 Å². The van der Waals surface area contributed by atoms with Crippen LogP contribution in [-0.4, -0.2) is 17.4 Å². The van der Waals surface area contributed by atoms with E-state index in [9.17, 15) is 8.42 Å². The number of aryl methyl sites for hydroxylation is 1. The Morgan fingerprint density at radius 1 is 1.10 bits per heavy atom. The van der Waals surface area contributed by atoms with E-state index in [4.69, 9.17) is 0 Å². The van der Waals surface area contributed by atoms with E-state index in [-0.39, 0.29) is 4.90 Å². The van der Waals surface area contributed by atoms with Crippen molar-refractivity contribution in [2.45, 2.75) is 24.7 Å². The van der Waals surface area contributed by atoms with Crippen LogP contribution in [0.2, 0.25) is 0 Å². The normalized spacial score (nSPS) is 11.9. The fraction of sp³-hybridized carbons (Fsp3) is 0.188. The maximum absolute atomic E-state index is 12.9. The highest BCUT2D eigenvalue weighted by Crippen LogP contribution is 2.25. The second kappa shape index (κ2) is 5.33. The molecule has 0 saturated heterocycles. The van der Waals surface area contributed by atoms with Gasteiger partial charge in [-0.2, -0.15) is 0 Å². The molecule has 1 aromatic carbocycles. The predicted molar refractivity (Wildman–Crippen MR) is 82.8 cm³/mol. The first-order valence-corrected chi connectivity index (χ1v) is 8.34. The number of rotatable bonds is 4. The van der Waals surface area contributed by atoms with E-state index in [0.29, 0.717) is 12.1 Å². The molecule has 0 aliphatic carbocycles. The van der Waals surface area contributed by atoms with Gasteiger partial charge in [0.25, 0.3) is 10.0 Å². The molecule has 0 N–H and O–H groups in total. The van der Waals surface area contributed by atoms with Crippen LogP contribution in [0.3, 0.4) is 0 Å². The number of pyridine rings is 1. The first-order valence-electron chi connectivity index (χ1n) is 6.90. The fourth-order valence-electron chi connectivity index (χ4n) is 2.46. The summed E-state index contributed by atoms with van der Waals surface area (Å²) in [5.74, 6) is 0. The summed E-state index contributed by atoms with van der Waals surface area (Å²) in [6.07, 6.45) is 3.19. The molecular formula is C16H16N2O2S. The molecule has 0 saturated carbocycles. The Morgan fingerprint density at radius 3 is 2.57 bits per heavy atom. The van der Waals surface area contributed by atoms with Crippen LogP contribution in [0.1, 0.15) is 19.0 Å². The SMILES string of the molecule is CCCc1cc2cccnc2n1S(=O)(=O)c1ccccc1. The van der Waals surface area contributed by atoms with E-state index in [1.807, 2.05) is 25.1 Å². The minimum atomic E-state index is -3.62.